The zero-order valence-electron chi connectivity index (χ0n) is 22.7. The van der Waals surface area contributed by atoms with Crippen LogP contribution in [0.1, 0.15) is 0 Å². The molecule has 0 aliphatic carbocycles. The fourth-order valence-electron chi connectivity index (χ4n) is 6.77. The molecule has 0 aromatic heterocycles. The quantitative estimate of drug-likeness (QED) is 0.149. The highest BCUT2D eigenvalue weighted by atomic mass is 79.9. The van der Waals surface area contributed by atoms with Crippen molar-refractivity contribution in [2.75, 3.05) is 14.2 Å². The van der Waals surface area contributed by atoms with Gasteiger partial charge < -0.3 is 9.47 Å². The molecule has 3 heteroatoms. The Balaban J connectivity index is 1.57. The lowest BCUT2D eigenvalue weighted by Crippen LogP contribution is -1.96. The Hall–Kier alpha value is -4.60. The number of methoxy groups -OCH3 is 2. The first-order valence-corrected chi connectivity index (χ1v) is 14.5. The highest BCUT2D eigenvalue weighted by molar-refractivity contribution is 9.10. The summed E-state index contributed by atoms with van der Waals surface area (Å²) < 4.78 is 12.9. The van der Waals surface area contributed by atoms with Crippen LogP contribution in [0.4, 0.5) is 0 Å². The second kappa shape index (κ2) is 9.22. The second-order valence-corrected chi connectivity index (χ2v) is 11.3. The van der Waals surface area contributed by atoms with Crippen LogP contribution in [-0.2, 0) is 0 Å². The van der Waals surface area contributed by atoms with E-state index >= 15 is 0 Å². The molecule has 0 aliphatic heterocycles. The van der Waals surface area contributed by atoms with Crippen molar-refractivity contribution in [3.8, 4) is 33.8 Å². The van der Waals surface area contributed by atoms with Crippen molar-refractivity contribution in [1.82, 2.24) is 0 Å². The van der Waals surface area contributed by atoms with Crippen LogP contribution in [0.5, 0.6) is 11.5 Å². The smallest absolute Gasteiger partial charge is 0.130 e. The van der Waals surface area contributed by atoms with Crippen molar-refractivity contribution < 1.29 is 9.47 Å². The average molecular weight is 594 g/mol. The van der Waals surface area contributed by atoms with E-state index in [0.717, 1.165) is 37.9 Å². The highest BCUT2D eigenvalue weighted by Crippen LogP contribution is 2.50. The molecular formula is C38H25BrO2. The molecular weight excluding hydrogens is 568 g/mol. The molecule has 0 atom stereocenters. The molecule has 0 amide bonds. The molecule has 0 heterocycles. The fraction of sp³-hybridized carbons (Fsp3) is 0.0526. The summed E-state index contributed by atoms with van der Waals surface area (Å²) in [4.78, 5) is 0. The summed E-state index contributed by atoms with van der Waals surface area (Å²) in [5.74, 6) is 1.58. The van der Waals surface area contributed by atoms with E-state index in [0.29, 0.717) is 0 Å². The third-order valence-corrected chi connectivity index (χ3v) is 9.18. The molecule has 0 unspecified atom stereocenters. The predicted octanol–water partition coefficient (Wildman–Crippen LogP) is 11.0. The van der Waals surface area contributed by atoms with Crippen molar-refractivity contribution in [2.24, 2.45) is 0 Å². The van der Waals surface area contributed by atoms with Crippen LogP contribution in [0.25, 0.3) is 76.1 Å². The first kappa shape index (κ1) is 24.2. The molecule has 0 N–H and O–H groups in total. The van der Waals surface area contributed by atoms with Crippen LogP contribution in [0.3, 0.4) is 0 Å². The van der Waals surface area contributed by atoms with Gasteiger partial charge >= 0.3 is 0 Å². The van der Waals surface area contributed by atoms with Crippen LogP contribution >= 0.6 is 15.9 Å². The average Bonchev–Trinajstić information content (AvgIpc) is 3.03. The van der Waals surface area contributed by atoms with Crippen molar-refractivity contribution in [2.45, 2.75) is 0 Å². The van der Waals surface area contributed by atoms with Gasteiger partial charge in [0.2, 0.25) is 0 Å². The molecule has 41 heavy (non-hydrogen) atoms. The summed E-state index contributed by atoms with van der Waals surface area (Å²) in [6.45, 7) is 0. The Morgan fingerprint density at radius 1 is 0.415 bits per heavy atom. The molecule has 0 fully saturated rings. The summed E-state index contributed by atoms with van der Waals surface area (Å²) in [7, 11) is 3.44. The maximum Gasteiger partial charge on any atom is 0.130 e. The van der Waals surface area contributed by atoms with Crippen LogP contribution in [0, 0.1) is 0 Å². The van der Waals surface area contributed by atoms with Gasteiger partial charge in [0.15, 0.2) is 0 Å². The minimum absolute atomic E-state index is 0.792. The fourth-order valence-corrected chi connectivity index (χ4v) is 7.23. The monoisotopic (exact) mass is 592 g/mol. The Morgan fingerprint density at radius 3 is 1.49 bits per heavy atom. The van der Waals surface area contributed by atoms with Crippen molar-refractivity contribution in [1.29, 1.82) is 0 Å². The van der Waals surface area contributed by atoms with Crippen LogP contribution in [-0.4, -0.2) is 14.2 Å². The van der Waals surface area contributed by atoms with Crippen LogP contribution in [0.15, 0.2) is 120 Å². The predicted molar refractivity (Wildman–Crippen MR) is 177 cm³/mol. The molecule has 0 spiro atoms. The largest absolute Gasteiger partial charge is 0.496 e. The van der Waals surface area contributed by atoms with Gasteiger partial charge in [-0.25, -0.2) is 0 Å². The summed E-state index contributed by atoms with van der Waals surface area (Å²) in [6.07, 6.45) is 0. The molecule has 0 saturated carbocycles. The van der Waals surface area contributed by atoms with Gasteiger partial charge in [0, 0.05) is 10.0 Å². The van der Waals surface area contributed by atoms with Crippen molar-refractivity contribution >= 4 is 69.8 Å². The van der Waals surface area contributed by atoms with E-state index in [9.17, 15) is 0 Å². The van der Waals surface area contributed by atoms with E-state index in [1.807, 2.05) is 18.2 Å². The topological polar surface area (TPSA) is 18.5 Å². The lowest BCUT2D eigenvalue weighted by molar-refractivity contribution is 0.397. The lowest BCUT2D eigenvalue weighted by atomic mass is 9.83. The van der Waals surface area contributed by atoms with E-state index in [1.54, 1.807) is 14.2 Å². The van der Waals surface area contributed by atoms with Gasteiger partial charge in [-0.3, -0.25) is 0 Å². The van der Waals surface area contributed by atoms with Gasteiger partial charge in [0.25, 0.3) is 0 Å². The Labute approximate surface area is 246 Å². The number of rotatable bonds is 4. The van der Waals surface area contributed by atoms with Gasteiger partial charge in [-0.2, -0.15) is 0 Å². The highest BCUT2D eigenvalue weighted by Gasteiger charge is 2.23. The Morgan fingerprint density at radius 2 is 0.902 bits per heavy atom. The molecule has 2 nitrogen and oxygen atoms in total. The SMILES string of the molecule is COc1cccc(OC)c1-c1c2ccccc2c(-c2ccc3ccc4c(Br)ccc5ccc2c3c54)c2ccccc12. The molecule has 8 aromatic carbocycles. The Bertz CT molecular complexity index is 2220. The van der Waals surface area contributed by atoms with Crippen molar-refractivity contribution in [3.63, 3.8) is 0 Å². The van der Waals surface area contributed by atoms with Crippen LogP contribution in [0.2, 0.25) is 0 Å². The number of benzene rings is 8. The maximum absolute atomic E-state index is 5.90. The lowest BCUT2D eigenvalue weighted by Gasteiger charge is -2.22. The van der Waals surface area contributed by atoms with E-state index in [1.165, 1.54) is 54.2 Å². The summed E-state index contributed by atoms with van der Waals surface area (Å²) >= 11 is 3.80. The zero-order chi connectivity index (χ0) is 27.7. The molecule has 0 bridgehead atoms. The maximum atomic E-state index is 5.90. The first-order chi connectivity index (χ1) is 20.2. The number of ether oxygens (including phenoxy) is 2. The Kier molecular flexibility index (Phi) is 5.45. The second-order valence-electron chi connectivity index (χ2n) is 10.5. The number of halogens is 1. The number of fused-ring (bicyclic) bond motifs is 2. The third kappa shape index (κ3) is 3.42. The minimum atomic E-state index is 0.792. The summed E-state index contributed by atoms with van der Waals surface area (Å²) in [6, 6.07) is 41.4. The van der Waals surface area contributed by atoms with Crippen LogP contribution < -0.4 is 9.47 Å². The molecule has 0 aliphatic rings. The summed E-state index contributed by atoms with van der Waals surface area (Å²) in [5.41, 5.74) is 4.57. The molecule has 8 rings (SSSR count). The minimum Gasteiger partial charge on any atom is -0.496 e. The normalized spacial score (nSPS) is 11.8. The third-order valence-electron chi connectivity index (χ3n) is 8.49. The van der Waals surface area contributed by atoms with Gasteiger partial charge in [-0.1, -0.05) is 113 Å². The van der Waals surface area contributed by atoms with Crippen molar-refractivity contribution in [3.05, 3.63) is 120 Å². The zero-order valence-corrected chi connectivity index (χ0v) is 24.3. The van der Waals surface area contributed by atoms with Gasteiger partial charge in [-0.05, 0) is 83.2 Å². The molecule has 196 valence electrons. The van der Waals surface area contributed by atoms with Gasteiger partial charge in [-0.15, -0.1) is 0 Å². The summed E-state index contributed by atoms with van der Waals surface area (Å²) in [5, 5.41) is 12.4. The molecule has 8 aromatic rings. The van der Waals surface area contributed by atoms with E-state index in [4.69, 9.17) is 9.47 Å². The number of hydrogen-bond donors (Lipinski definition) is 0. The standard InChI is InChI=1S/C38H25BrO2/c1-40-32-12-7-13-33(41-2)38(32)37-26-10-5-3-8-24(26)36(25-9-4-6-11-27(25)37)29-19-15-22-16-20-30-31(39)21-17-23-14-18-28(29)34(22)35(23)30/h3-21H,1-2H3. The van der Waals surface area contributed by atoms with E-state index < -0.39 is 0 Å². The first-order valence-electron chi connectivity index (χ1n) is 13.7. The number of hydrogen-bond acceptors (Lipinski definition) is 2. The van der Waals surface area contributed by atoms with Gasteiger partial charge in [0.1, 0.15) is 11.5 Å². The molecule has 0 radical (unpaired) electrons. The van der Waals surface area contributed by atoms with Gasteiger partial charge in [0.05, 0.1) is 19.8 Å². The van der Waals surface area contributed by atoms with E-state index in [2.05, 4.69) is 113 Å². The molecule has 0 saturated heterocycles. The van der Waals surface area contributed by atoms with E-state index in [-0.39, 0.29) is 0 Å².